The molecule has 1 aromatic carbocycles. The van der Waals surface area contributed by atoms with Crippen molar-refractivity contribution in [2.24, 2.45) is 5.92 Å². The molecular formula is C14H20N2O4S. The molecule has 2 N–H and O–H groups in total. The molecule has 0 saturated carbocycles. The molecule has 2 aliphatic heterocycles. The molecule has 2 aliphatic rings. The van der Waals surface area contributed by atoms with Crippen molar-refractivity contribution in [1.82, 2.24) is 10.0 Å². The molecule has 1 atom stereocenters. The van der Waals surface area contributed by atoms with Crippen LogP contribution in [0.3, 0.4) is 0 Å². The average molecular weight is 312 g/mol. The Kier molecular flexibility index (Phi) is 4.32. The van der Waals surface area contributed by atoms with E-state index < -0.39 is 10.0 Å². The lowest BCUT2D eigenvalue weighted by Gasteiger charge is -2.19. The van der Waals surface area contributed by atoms with E-state index in [0.717, 1.165) is 25.9 Å². The van der Waals surface area contributed by atoms with E-state index in [1.165, 1.54) is 6.07 Å². The van der Waals surface area contributed by atoms with E-state index in [4.69, 9.17) is 9.47 Å². The summed E-state index contributed by atoms with van der Waals surface area (Å²) in [5.74, 6) is 1.65. The van der Waals surface area contributed by atoms with Crippen LogP contribution in [-0.2, 0) is 10.0 Å². The van der Waals surface area contributed by atoms with Crippen molar-refractivity contribution in [3.05, 3.63) is 18.2 Å². The molecule has 0 aromatic heterocycles. The smallest absolute Gasteiger partial charge is 0.240 e. The van der Waals surface area contributed by atoms with Crippen LogP contribution in [0, 0.1) is 5.92 Å². The molecule has 1 fully saturated rings. The van der Waals surface area contributed by atoms with Gasteiger partial charge in [-0.2, -0.15) is 0 Å². The highest BCUT2D eigenvalue weighted by Gasteiger charge is 2.20. The quantitative estimate of drug-likeness (QED) is 0.838. The topological polar surface area (TPSA) is 76.7 Å². The summed E-state index contributed by atoms with van der Waals surface area (Å²) < 4.78 is 38.0. The molecule has 1 unspecified atom stereocenters. The number of sulfonamides is 1. The van der Waals surface area contributed by atoms with Gasteiger partial charge in [-0.3, -0.25) is 0 Å². The van der Waals surface area contributed by atoms with Crippen molar-refractivity contribution in [3.8, 4) is 11.5 Å². The zero-order valence-corrected chi connectivity index (χ0v) is 12.6. The van der Waals surface area contributed by atoms with E-state index >= 15 is 0 Å². The number of hydrogen-bond acceptors (Lipinski definition) is 5. The first-order valence-corrected chi connectivity index (χ1v) is 8.73. The Hall–Kier alpha value is -1.31. The van der Waals surface area contributed by atoms with E-state index in [1.54, 1.807) is 12.1 Å². The summed E-state index contributed by atoms with van der Waals surface area (Å²) in [4.78, 5) is 0.219. The standard InChI is InChI=1S/C14H20N2O4S/c17-21(18,16-6-4-11-3-5-15-10-11)12-1-2-13-14(9-12)20-8-7-19-13/h1-2,9,11,15-16H,3-8,10H2. The van der Waals surface area contributed by atoms with Crippen LogP contribution in [0.5, 0.6) is 11.5 Å². The Morgan fingerprint density at radius 1 is 1.24 bits per heavy atom. The van der Waals surface area contributed by atoms with Gasteiger partial charge in [0, 0.05) is 12.6 Å². The molecule has 0 amide bonds. The normalized spacial score (nSPS) is 21.4. The van der Waals surface area contributed by atoms with E-state index in [1.807, 2.05) is 0 Å². The second-order valence-electron chi connectivity index (χ2n) is 5.35. The van der Waals surface area contributed by atoms with Crippen LogP contribution >= 0.6 is 0 Å². The van der Waals surface area contributed by atoms with Gasteiger partial charge >= 0.3 is 0 Å². The van der Waals surface area contributed by atoms with Gasteiger partial charge in [0.2, 0.25) is 10.0 Å². The molecule has 2 heterocycles. The van der Waals surface area contributed by atoms with Crippen LogP contribution in [-0.4, -0.2) is 41.3 Å². The maximum absolute atomic E-state index is 12.3. The molecule has 6 nitrogen and oxygen atoms in total. The minimum atomic E-state index is -3.49. The Labute approximate surface area is 124 Å². The Balaban J connectivity index is 1.63. The SMILES string of the molecule is O=S(=O)(NCCC1CCNC1)c1ccc2c(c1)OCCO2. The van der Waals surface area contributed by atoms with Crippen LogP contribution < -0.4 is 19.5 Å². The monoisotopic (exact) mass is 312 g/mol. The van der Waals surface area contributed by atoms with E-state index in [0.29, 0.717) is 37.2 Å². The molecule has 7 heteroatoms. The molecule has 1 aromatic rings. The summed E-state index contributed by atoms with van der Waals surface area (Å²) in [5, 5.41) is 3.28. The minimum Gasteiger partial charge on any atom is -0.486 e. The highest BCUT2D eigenvalue weighted by molar-refractivity contribution is 7.89. The van der Waals surface area contributed by atoms with Crippen molar-refractivity contribution in [1.29, 1.82) is 0 Å². The fourth-order valence-corrected chi connectivity index (χ4v) is 3.70. The van der Waals surface area contributed by atoms with Gasteiger partial charge in [-0.15, -0.1) is 0 Å². The van der Waals surface area contributed by atoms with Gasteiger partial charge in [0.15, 0.2) is 11.5 Å². The predicted molar refractivity (Wildman–Crippen MR) is 78.2 cm³/mol. The number of hydrogen-bond donors (Lipinski definition) is 2. The zero-order chi connectivity index (χ0) is 14.7. The van der Waals surface area contributed by atoms with Crippen LogP contribution in [0.2, 0.25) is 0 Å². The lowest BCUT2D eigenvalue weighted by Crippen LogP contribution is -2.27. The van der Waals surface area contributed by atoms with E-state index in [-0.39, 0.29) is 4.90 Å². The van der Waals surface area contributed by atoms with E-state index in [9.17, 15) is 8.42 Å². The fourth-order valence-electron chi connectivity index (χ4n) is 2.63. The van der Waals surface area contributed by atoms with Crippen molar-refractivity contribution in [2.75, 3.05) is 32.8 Å². The van der Waals surface area contributed by atoms with Gasteiger partial charge in [-0.05, 0) is 44.0 Å². The molecule has 0 spiro atoms. The van der Waals surface area contributed by atoms with Gasteiger partial charge in [0.05, 0.1) is 4.90 Å². The molecule has 0 radical (unpaired) electrons. The first kappa shape index (κ1) is 14.6. The highest BCUT2D eigenvalue weighted by atomic mass is 32.2. The van der Waals surface area contributed by atoms with Gasteiger partial charge < -0.3 is 14.8 Å². The van der Waals surface area contributed by atoms with Gasteiger partial charge in [-0.1, -0.05) is 0 Å². The fraction of sp³-hybridized carbons (Fsp3) is 0.571. The zero-order valence-electron chi connectivity index (χ0n) is 11.8. The lowest BCUT2D eigenvalue weighted by molar-refractivity contribution is 0.171. The number of nitrogens with one attached hydrogen (secondary N) is 2. The van der Waals surface area contributed by atoms with Crippen molar-refractivity contribution < 1.29 is 17.9 Å². The maximum atomic E-state index is 12.3. The summed E-state index contributed by atoms with van der Waals surface area (Å²) in [6.45, 7) is 3.40. The molecule has 3 rings (SSSR count). The molecule has 0 aliphatic carbocycles. The molecule has 116 valence electrons. The summed E-state index contributed by atoms with van der Waals surface area (Å²) in [7, 11) is -3.49. The van der Waals surface area contributed by atoms with Crippen molar-refractivity contribution in [2.45, 2.75) is 17.7 Å². The Bertz CT molecular complexity index is 597. The minimum absolute atomic E-state index is 0.219. The van der Waals surface area contributed by atoms with Gasteiger partial charge in [-0.25, -0.2) is 13.1 Å². The maximum Gasteiger partial charge on any atom is 0.240 e. The Morgan fingerprint density at radius 3 is 2.81 bits per heavy atom. The van der Waals surface area contributed by atoms with Gasteiger partial charge in [0.25, 0.3) is 0 Å². The summed E-state index contributed by atoms with van der Waals surface area (Å²) >= 11 is 0. The van der Waals surface area contributed by atoms with Crippen molar-refractivity contribution >= 4 is 10.0 Å². The van der Waals surface area contributed by atoms with E-state index in [2.05, 4.69) is 10.0 Å². The third-order valence-corrected chi connectivity index (χ3v) is 5.29. The largest absolute Gasteiger partial charge is 0.486 e. The molecule has 1 saturated heterocycles. The molecular weight excluding hydrogens is 292 g/mol. The lowest BCUT2D eigenvalue weighted by atomic mass is 10.1. The number of ether oxygens (including phenoxy) is 2. The second-order valence-corrected chi connectivity index (χ2v) is 7.12. The third-order valence-electron chi connectivity index (χ3n) is 3.83. The number of rotatable bonds is 5. The predicted octanol–water partition coefficient (Wildman–Crippen LogP) is 0.736. The highest BCUT2D eigenvalue weighted by Crippen LogP contribution is 2.32. The van der Waals surface area contributed by atoms with Crippen LogP contribution in [0.15, 0.2) is 23.1 Å². The van der Waals surface area contributed by atoms with Crippen LogP contribution in [0.25, 0.3) is 0 Å². The first-order valence-electron chi connectivity index (χ1n) is 7.25. The molecule has 21 heavy (non-hydrogen) atoms. The molecule has 0 bridgehead atoms. The number of fused-ring (bicyclic) bond motifs is 1. The Morgan fingerprint density at radius 2 is 2.05 bits per heavy atom. The summed E-state index contributed by atoms with van der Waals surface area (Å²) in [5.41, 5.74) is 0. The summed E-state index contributed by atoms with van der Waals surface area (Å²) in [6, 6.07) is 4.71. The third kappa shape index (κ3) is 3.48. The van der Waals surface area contributed by atoms with Crippen molar-refractivity contribution in [3.63, 3.8) is 0 Å². The van der Waals surface area contributed by atoms with Crippen LogP contribution in [0.4, 0.5) is 0 Å². The first-order chi connectivity index (χ1) is 10.1. The van der Waals surface area contributed by atoms with Gasteiger partial charge in [0.1, 0.15) is 13.2 Å². The van der Waals surface area contributed by atoms with Crippen LogP contribution in [0.1, 0.15) is 12.8 Å². The number of benzene rings is 1. The second kappa shape index (κ2) is 6.21. The average Bonchev–Trinajstić information content (AvgIpc) is 3.00. The summed E-state index contributed by atoms with van der Waals surface area (Å²) in [6.07, 6.45) is 1.97.